The summed E-state index contributed by atoms with van der Waals surface area (Å²) in [7, 11) is 1.87. The number of likely N-dealkylation sites (N-methyl/N-ethyl adjacent to an activating group) is 1. The molecule has 0 saturated carbocycles. The molecule has 0 heterocycles. The van der Waals surface area contributed by atoms with Crippen LogP contribution in [0, 0.1) is 11.3 Å². The summed E-state index contributed by atoms with van der Waals surface area (Å²) < 4.78 is 0. The van der Waals surface area contributed by atoms with Gasteiger partial charge in [0.25, 0.3) is 0 Å². The van der Waals surface area contributed by atoms with Crippen molar-refractivity contribution in [3.8, 4) is 0 Å². The highest BCUT2D eigenvalue weighted by molar-refractivity contribution is 5.48. The van der Waals surface area contributed by atoms with Crippen LogP contribution in [0.15, 0.2) is 23.5 Å². The van der Waals surface area contributed by atoms with Crippen molar-refractivity contribution in [3.05, 3.63) is 23.5 Å². The molecule has 0 aliphatic rings. The molecule has 0 aliphatic heterocycles. The standard InChI is InChI=1S/C18H34N2O2/c1-10-15(14(2)3)11-16(12-19-13-21)20(9)22-18(7,8)17(4,5)6/h11-14H,10H2,1-9H3,(H,19,21)/b15-11-,16-12+. The Morgan fingerprint density at radius 3 is 2.14 bits per heavy atom. The van der Waals surface area contributed by atoms with Crippen molar-refractivity contribution in [2.45, 2.75) is 67.4 Å². The molecule has 0 fully saturated rings. The van der Waals surface area contributed by atoms with Crippen molar-refractivity contribution >= 4 is 6.41 Å². The maximum Gasteiger partial charge on any atom is 0.211 e. The lowest BCUT2D eigenvalue weighted by Crippen LogP contribution is -2.44. The van der Waals surface area contributed by atoms with Gasteiger partial charge in [-0.15, -0.1) is 0 Å². The highest BCUT2D eigenvalue weighted by atomic mass is 16.7. The average molecular weight is 310 g/mol. The number of nitrogens with zero attached hydrogens (tertiary/aromatic N) is 1. The zero-order chi connectivity index (χ0) is 17.6. The van der Waals surface area contributed by atoms with E-state index in [0.717, 1.165) is 12.1 Å². The SMILES string of the molecule is CC/C(=C/C(=C\NC=O)N(C)OC(C)(C)C(C)(C)C)C(C)C. The zero-order valence-electron chi connectivity index (χ0n) is 15.8. The van der Waals surface area contributed by atoms with Gasteiger partial charge in [0, 0.05) is 13.2 Å². The molecule has 0 spiro atoms. The second-order valence-corrected chi connectivity index (χ2v) is 7.43. The van der Waals surface area contributed by atoms with E-state index in [1.54, 1.807) is 11.3 Å². The van der Waals surface area contributed by atoms with Gasteiger partial charge >= 0.3 is 0 Å². The second kappa shape index (κ2) is 8.37. The number of amides is 1. The van der Waals surface area contributed by atoms with Crippen LogP contribution in [0.2, 0.25) is 0 Å². The average Bonchev–Trinajstić information content (AvgIpc) is 2.36. The Bertz CT molecular complexity index is 415. The molecular weight excluding hydrogens is 276 g/mol. The largest absolute Gasteiger partial charge is 0.333 e. The van der Waals surface area contributed by atoms with E-state index in [-0.39, 0.29) is 11.0 Å². The van der Waals surface area contributed by atoms with Crippen LogP contribution >= 0.6 is 0 Å². The number of nitrogens with one attached hydrogen (secondary N) is 1. The zero-order valence-corrected chi connectivity index (χ0v) is 15.8. The van der Waals surface area contributed by atoms with Crippen LogP contribution in [0.3, 0.4) is 0 Å². The molecule has 0 bridgehead atoms. The van der Waals surface area contributed by atoms with Gasteiger partial charge in [0.15, 0.2) is 0 Å². The predicted molar refractivity (Wildman–Crippen MR) is 92.9 cm³/mol. The predicted octanol–water partition coefficient (Wildman–Crippen LogP) is 4.25. The molecule has 4 heteroatoms. The van der Waals surface area contributed by atoms with Crippen molar-refractivity contribution in [1.29, 1.82) is 0 Å². The molecule has 0 atom stereocenters. The summed E-state index contributed by atoms with van der Waals surface area (Å²) in [6.07, 6.45) is 5.38. The van der Waals surface area contributed by atoms with Gasteiger partial charge < -0.3 is 5.32 Å². The van der Waals surface area contributed by atoms with Gasteiger partial charge in [-0.3, -0.25) is 14.7 Å². The molecule has 0 aromatic rings. The molecule has 0 saturated heterocycles. The highest BCUT2D eigenvalue weighted by Gasteiger charge is 2.36. The summed E-state index contributed by atoms with van der Waals surface area (Å²) in [4.78, 5) is 16.8. The first-order valence-electron chi connectivity index (χ1n) is 7.99. The monoisotopic (exact) mass is 310 g/mol. The van der Waals surface area contributed by atoms with Crippen LogP contribution in [-0.4, -0.2) is 24.1 Å². The molecule has 4 nitrogen and oxygen atoms in total. The normalized spacial score (nSPS) is 14.3. The molecular formula is C18H34N2O2. The van der Waals surface area contributed by atoms with Gasteiger partial charge in [0.2, 0.25) is 6.41 Å². The number of carbonyl (C=O) groups is 1. The quantitative estimate of drug-likeness (QED) is 0.414. The molecule has 1 N–H and O–H groups in total. The Morgan fingerprint density at radius 1 is 1.23 bits per heavy atom. The number of allylic oxidation sites excluding steroid dienone is 2. The molecule has 1 amide bonds. The van der Waals surface area contributed by atoms with Crippen LogP contribution in [0.5, 0.6) is 0 Å². The number of hydroxylamine groups is 2. The third kappa shape index (κ3) is 6.22. The lowest BCUT2D eigenvalue weighted by atomic mass is 9.79. The lowest BCUT2D eigenvalue weighted by Gasteiger charge is -2.41. The number of hydrogen-bond acceptors (Lipinski definition) is 3. The van der Waals surface area contributed by atoms with E-state index in [1.165, 1.54) is 5.57 Å². The van der Waals surface area contributed by atoms with Crippen molar-refractivity contribution in [3.63, 3.8) is 0 Å². The molecule has 128 valence electrons. The maximum atomic E-state index is 10.6. The molecule has 22 heavy (non-hydrogen) atoms. The highest BCUT2D eigenvalue weighted by Crippen LogP contribution is 2.34. The topological polar surface area (TPSA) is 41.6 Å². The Balaban J connectivity index is 5.42. The summed E-state index contributed by atoms with van der Waals surface area (Å²) in [6, 6.07) is 0. The van der Waals surface area contributed by atoms with Gasteiger partial charge in [-0.25, -0.2) is 0 Å². The van der Waals surface area contributed by atoms with E-state index in [2.05, 4.69) is 66.8 Å². The molecule has 0 aromatic heterocycles. The van der Waals surface area contributed by atoms with Crippen molar-refractivity contribution in [2.75, 3.05) is 7.05 Å². The second-order valence-electron chi connectivity index (χ2n) is 7.43. The van der Waals surface area contributed by atoms with E-state index < -0.39 is 0 Å². The van der Waals surface area contributed by atoms with Crippen molar-refractivity contribution in [2.24, 2.45) is 11.3 Å². The molecule has 0 radical (unpaired) electrons. The molecule has 0 rings (SSSR count). The number of rotatable bonds is 8. The summed E-state index contributed by atoms with van der Waals surface area (Å²) in [5, 5.41) is 4.35. The minimum atomic E-state index is -0.347. The minimum absolute atomic E-state index is 0.0141. The van der Waals surface area contributed by atoms with E-state index in [4.69, 9.17) is 4.84 Å². The third-order valence-electron chi connectivity index (χ3n) is 4.32. The number of hydrogen-bond donors (Lipinski definition) is 1. The summed E-state index contributed by atoms with van der Waals surface area (Å²) >= 11 is 0. The van der Waals surface area contributed by atoms with Crippen LogP contribution in [0.4, 0.5) is 0 Å². The van der Waals surface area contributed by atoms with E-state index in [0.29, 0.717) is 12.3 Å². The lowest BCUT2D eigenvalue weighted by molar-refractivity contribution is -0.234. The molecule has 0 unspecified atom stereocenters. The first kappa shape index (κ1) is 20.7. The van der Waals surface area contributed by atoms with Gasteiger partial charge in [0.05, 0.1) is 11.3 Å². The van der Waals surface area contributed by atoms with Crippen molar-refractivity contribution < 1.29 is 9.63 Å². The van der Waals surface area contributed by atoms with Crippen molar-refractivity contribution in [1.82, 2.24) is 10.4 Å². The van der Waals surface area contributed by atoms with E-state index >= 15 is 0 Å². The minimum Gasteiger partial charge on any atom is -0.333 e. The Kier molecular flexibility index (Phi) is 7.88. The smallest absolute Gasteiger partial charge is 0.211 e. The summed E-state index contributed by atoms with van der Waals surface area (Å²) in [6.45, 7) is 17.1. The van der Waals surface area contributed by atoms with Crippen LogP contribution < -0.4 is 5.32 Å². The molecule has 0 aromatic carbocycles. The van der Waals surface area contributed by atoms with Crippen LogP contribution in [-0.2, 0) is 9.63 Å². The Morgan fingerprint density at radius 2 is 1.77 bits per heavy atom. The fourth-order valence-corrected chi connectivity index (χ4v) is 1.74. The first-order valence-corrected chi connectivity index (χ1v) is 7.99. The first-order chi connectivity index (χ1) is 9.96. The van der Waals surface area contributed by atoms with E-state index in [1.807, 2.05) is 7.05 Å². The Labute approximate surface area is 136 Å². The van der Waals surface area contributed by atoms with Gasteiger partial charge in [-0.2, -0.15) is 0 Å². The molecule has 0 aliphatic carbocycles. The van der Waals surface area contributed by atoms with Crippen LogP contribution in [0.25, 0.3) is 0 Å². The Hall–Kier alpha value is -1.29. The summed E-state index contributed by atoms with van der Waals surface area (Å²) in [5.74, 6) is 0.452. The maximum absolute atomic E-state index is 10.6. The summed E-state index contributed by atoms with van der Waals surface area (Å²) in [5.41, 5.74) is 1.78. The van der Waals surface area contributed by atoms with E-state index in [9.17, 15) is 4.79 Å². The van der Waals surface area contributed by atoms with Gasteiger partial charge in [-0.05, 0) is 37.7 Å². The number of carbonyl (C=O) groups excluding carboxylic acids is 1. The fourth-order valence-electron chi connectivity index (χ4n) is 1.74. The third-order valence-corrected chi connectivity index (χ3v) is 4.32. The van der Waals surface area contributed by atoms with Gasteiger partial charge in [0.1, 0.15) is 0 Å². The van der Waals surface area contributed by atoms with Gasteiger partial charge in [-0.1, -0.05) is 47.1 Å². The van der Waals surface area contributed by atoms with Crippen LogP contribution in [0.1, 0.15) is 61.8 Å². The fraction of sp³-hybridized carbons (Fsp3) is 0.722.